The zero-order valence-electron chi connectivity index (χ0n) is 47.3. The highest BCUT2D eigenvalue weighted by Crippen LogP contribution is 2.46. The third-order valence-corrected chi connectivity index (χ3v) is 21.4. The van der Waals surface area contributed by atoms with Crippen LogP contribution in [0.1, 0.15) is 19.4 Å². The van der Waals surface area contributed by atoms with E-state index >= 15 is 0 Å². The lowest BCUT2D eigenvalue weighted by atomic mass is 10.0. The van der Waals surface area contributed by atoms with E-state index in [9.17, 15) is 77.8 Å². The van der Waals surface area contributed by atoms with Gasteiger partial charge in [-0.3, -0.25) is 27.3 Å². The Kier molecular flexibility index (Phi) is 18.5. The molecule has 0 fully saturated rings. The fourth-order valence-electron chi connectivity index (χ4n) is 8.73. The number of aryl methyl sites for hydroxylation is 1. The molecule has 0 spiro atoms. The lowest BCUT2D eigenvalue weighted by molar-refractivity contribution is 0.480. The molecule has 0 unspecified atom stereocenters. The maximum Gasteiger partial charge on any atom is 0.296 e. The topological polar surface area (TPSA) is 555 Å². The summed E-state index contributed by atoms with van der Waals surface area (Å²) < 4.78 is 212. The predicted molar refractivity (Wildman–Crippen MR) is 345 cm³/mol. The van der Waals surface area contributed by atoms with Crippen LogP contribution in [0.15, 0.2) is 186 Å². The molecular weight excluding hydrogens is 1380 g/mol. The van der Waals surface area contributed by atoms with Crippen LogP contribution < -0.4 is 32.8 Å². The van der Waals surface area contributed by atoms with Crippen molar-refractivity contribution in [2.45, 2.75) is 45.2 Å². The van der Waals surface area contributed by atoms with Gasteiger partial charge in [0.05, 0.1) is 65.6 Å². The van der Waals surface area contributed by atoms with Crippen molar-refractivity contribution < 1.29 is 77.8 Å². The second-order valence-corrected chi connectivity index (χ2v) is 29.7. The molecule has 0 saturated carbocycles. The highest BCUT2D eigenvalue weighted by Gasteiger charge is 2.28. The lowest BCUT2D eigenvalue weighted by Crippen LogP contribution is -2.25. The van der Waals surface area contributed by atoms with Gasteiger partial charge in [-0.05, 0) is 123 Å². The lowest BCUT2D eigenvalue weighted by Gasteiger charge is -2.13. The van der Waals surface area contributed by atoms with Crippen LogP contribution >= 0.6 is 22.7 Å². The number of rotatable bonds is 18. The van der Waals surface area contributed by atoms with Crippen LogP contribution in [-0.4, -0.2) is 87.8 Å². The van der Waals surface area contributed by atoms with Crippen molar-refractivity contribution in [3.05, 3.63) is 136 Å². The molecule has 9 aromatic rings. The molecule has 93 heavy (non-hydrogen) atoms. The van der Waals surface area contributed by atoms with Gasteiger partial charge in [0, 0.05) is 22.3 Å². The number of allylic oxidation sites excluding steroid dienone is 1. The second kappa shape index (κ2) is 25.2. The number of anilines is 4. The number of azo groups is 4. The summed E-state index contributed by atoms with van der Waals surface area (Å²) in [5, 5.41) is 32.4. The summed E-state index contributed by atoms with van der Waals surface area (Å²) in [7, 11) is -30.4. The molecule has 0 bridgehead atoms. The number of thiazole rings is 2. The van der Waals surface area contributed by atoms with E-state index in [1.807, 2.05) is 0 Å². The van der Waals surface area contributed by atoms with Crippen molar-refractivity contribution in [3.63, 3.8) is 0 Å². The van der Waals surface area contributed by atoms with Crippen molar-refractivity contribution in [1.29, 1.82) is 0 Å². The molecule has 0 amide bonds. The summed E-state index contributed by atoms with van der Waals surface area (Å²) in [5.74, 6) is 0. The van der Waals surface area contributed by atoms with Gasteiger partial charge in [0.15, 0.2) is 0 Å². The van der Waals surface area contributed by atoms with Crippen LogP contribution in [0.2, 0.25) is 0 Å². The maximum atomic E-state index is 13.0. The summed E-state index contributed by atoms with van der Waals surface area (Å²) in [6.07, 6.45) is 1.49. The third-order valence-electron chi connectivity index (χ3n) is 13.2. The Morgan fingerprint density at radius 2 is 0.871 bits per heavy atom. The van der Waals surface area contributed by atoms with Gasteiger partial charge in [-0.2, -0.15) is 71.0 Å². The Hall–Kier alpha value is -9.40. The van der Waals surface area contributed by atoms with E-state index in [1.54, 1.807) is 25.1 Å². The SMILES string of the molecule is C=c1nc(-c2ccc(/N=N\c3c(N)c(N=Nc4ccc(-c5ccc(N=Nc6cc(S(=O)(=O)O)c(N)c(/N=N\c7ccc(-c8nc9ccc(C)c(S(=O)(=O)O)c9s8)cc7)c6N)cc5S(=O)(=O)O)c(S(=O)(=O)O)c4)cc(S(=O)(=O)O)c3N)cc2)s/c1=C(/C(C)=C\C)S(=O)(=O)O. The van der Waals surface area contributed by atoms with Gasteiger partial charge < -0.3 is 22.9 Å². The monoisotopic (exact) mass is 1420 g/mol. The van der Waals surface area contributed by atoms with Gasteiger partial charge in [0.2, 0.25) is 0 Å². The molecule has 9 rings (SSSR count). The minimum atomic E-state index is -5.37. The zero-order valence-corrected chi connectivity index (χ0v) is 53.8. The molecular formula is C53H44N14O18S8. The molecule has 32 nitrogen and oxygen atoms in total. The standard InChI is InChI=1S/C53H44N14O18S8/c1-5-24(2)50(92(80,81)82)48-26(4)58-52(86-48)27-7-11-29(12-8-27)60-66-46-42(54)36(22-40(44(46)56)90(74,75)76)64-62-31-15-17-33(38(20-31)88(68,69)70)34-18-16-32(21-39(34)89(71,72)73)63-65-37-23-41(91(77,78)79)45(57)47(43(37)55)67-61-30-13-9-28(10-14-30)53-59-35-19-6-25(3)51(49(35)87-53)93(83,84)85/h5-23H,4,54-57H2,1-3H3,(H,68,69,70)(H,71,72,73)(H,74,75,76)(H,77,78,79)(H,80,81,82)(H,83,84,85)/b24-5-,50-48-,64-62?,65-63?,66-60-,67-61-. The molecule has 7 aromatic carbocycles. The van der Waals surface area contributed by atoms with Crippen LogP contribution in [0, 0.1) is 6.92 Å². The Bertz CT molecular complexity index is 5670. The van der Waals surface area contributed by atoms with Crippen molar-refractivity contribution in [1.82, 2.24) is 9.97 Å². The first kappa shape index (κ1) is 68.0. The van der Waals surface area contributed by atoms with Crippen LogP contribution in [0.5, 0.6) is 0 Å². The van der Waals surface area contributed by atoms with Crippen LogP contribution in [0.4, 0.5) is 68.2 Å². The quantitative estimate of drug-likeness (QED) is 0.0217. The smallest absolute Gasteiger partial charge is 0.296 e. The third kappa shape index (κ3) is 14.6. The number of aromatic nitrogens is 2. The van der Waals surface area contributed by atoms with E-state index in [2.05, 4.69) is 57.5 Å². The first-order valence-electron chi connectivity index (χ1n) is 25.4. The summed E-state index contributed by atoms with van der Waals surface area (Å²) in [5.41, 5.74) is 20.3. The van der Waals surface area contributed by atoms with Gasteiger partial charge in [0.1, 0.15) is 62.1 Å². The molecule has 40 heteroatoms. The highest BCUT2D eigenvalue weighted by atomic mass is 32.2. The Labute approximate surface area is 535 Å². The fourth-order valence-corrected chi connectivity index (χ4v) is 16.1. The van der Waals surface area contributed by atoms with Gasteiger partial charge in [-0.1, -0.05) is 30.9 Å². The zero-order chi connectivity index (χ0) is 68.2. The minimum Gasteiger partial charge on any atom is -0.396 e. The van der Waals surface area contributed by atoms with Gasteiger partial charge in [-0.15, -0.1) is 43.1 Å². The Morgan fingerprint density at radius 1 is 0.473 bits per heavy atom. The minimum absolute atomic E-state index is 0.0701. The van der Waals surface area contributed by atoms with Gasteiger partial charge in [-0.25, -0.2) is 9.97 Å². The van der Waals surface area contributed by atoms with E-state index in [-0.39, 0.29) is 41.3 Å². The summed E-state index contributed by atoms with van der Waals surface area (Å²) in [4.78, 5) is 4.12. The van der Waals surface area contributed by atoms with Crippen LogP contribution in [-0.2, 0) is 60.7 Å². The number of fused-ring (bicyclic) bond motifs is 1. The molecule has 482 valence electrons. The van der Waals surface area contributed by atoms with Gasteiger partial charge >= 0.3 is 0 Å². The number of nitrogens with zero attached hydrogens (tertiary/aromatic N) is 10. The highest BCUT2D eigenvalue weighted by molar-refractivity contribution is 7.95. The fraction of sp³-hybridized carbons (Fsp3) is 0.0566. The Morgan fingerprint density at radius 3 is 1.26 bits per heavy atom. The number of hydrogen-bond donors (Lipinski definition) is 10. The molecule has 0 atom stereocenters. The van der Waals surface area contributed by atoms with Crippen LogP contribution in [0.25, 0.3) is 54.0 Å². The van der Waals surface area contributed by atoms with Crippen molar-refractivity contribution >= 4 is 173 Å². The molecule has 0 saturated heterocycles. The van der Waals surface area contributed by atoms with Crippen molar-refractivity contribution in [3.8, 4) is 32.3 Å². The van der Waals surface area contributed by atoms with E-state index < -0.39 is 148 Å². The molecule has 2 aromatic heterocycles. The van der Waals surface area contributed by atoms with Crippen molar-refractivity contribution in [2.24, 2.45) is 40.9 Å². The number of nitrogen functional groups attached to an aromatic ring is 4. The van der Waals surface area contributed by atoms with E-state index in [0.29, 0.717) is 56.5 Å². The first-order valence-corrected chi connectivity index (χ1v) is 35.7. The predicted octanol–water partition coefficient (Wildman–Crippen LogP) is 10.7. The molecule has 0 radical (unpaired) electrons. The second-order valence-electron chi connectivity index (χ2n) is 19.4. The normalized spacial score (nSPS) is 13.6. The number of nitrogens with two attached hydrogens (primary N) is 4. The molecule has 0 aliphatic heterocycles. The number of benzene rings is 7. The largest absolute Gasteiger partial charge is 0.396 e. The van der Waals surface area contributed by atoms with E-state index in [4.69, 9.17) is 22.9 Å². The summed E-state index contributed by atoms with van der Waals surface area (Å²) in [6.45, 7) is 8.39. The number of hydrogen-bond acceptors (Lipinski definition) is 28. The summed E-state index contributed by atoms with van der Waals surface area (Å²) >= 11 is 1.93. The Balaban J connectivity index is 1.00. The van der Waals surface area contributed by atoms with E-state index in [0.717, 1.165) is 46.9 Å². The molecule has 0 aliphatic carbocycles. The molecule has 2 heterocycles. The van der Waals surface area contributed by atoms with Gasteiger partial charge in [0.25, 0.3) is 60.7 Å². The average molecular weight is 1420 g/mol. The van der Waals surface area contributed by atoms with E-state index in [1.165, 1.54) is 62.4 Å². The first-order chi connectivity index (χ1) is 43.2. The van der Waals surface area contributed by atoms with Crippen molar-refractivity contribution in [2.75, 3.05) is 22.9 Å². The average Bonchev–Trinajstić information content (AvgIpc) is 1.32. The summed E-state index contributed by atoms with van der Waals surface area (Å²) in [6, 6.07) is 21.6. The van der Waals surface area contributed by atoms with Crippen LogP contribution in [0.3, 0.4) is 0 Å². The molecule has 14 N–H and O–H groups in total. The maximum absolute atomic E-state index is 13.0. The molecule has 0 aliphatic rings.